The fraction of sp³-hybridized carbons (Fsp3) is 0.176. The molecule has 4 nitrogen and oxygen atoms in total. The molecule has 0 spiro atoms. The number of benzene rings is 2. The zero-order valence-electron chi connectivity index (χ0n) is 12.3. The molecule has 3 rings (SSSR count). The summed E-state index contributed by atoms with van der Waals surface area (Å²) in [5, 5.41) is 3.60. The van der Waals surface area contributed by atoms with E-state index in [1.54, 1.807) is 25.1 Å². The maximum Gasteiger partial charge on any atom is 0.325 e. The Morgan fingerprint density at radius 1 is 1.00 bits per heavy atom. The van der Waals surface area contributed by atoms with Gasteiger partial charge in [-0.15, -0.1) is 0 Å². The largest absolute Gasteiger partial charge is 0.325 e. The summed E-state index contributed by atoms with van der Waals surface area (Å²) in [5.41, 5.74) is 0.189. The van der Waals surface area contributed by atoms with Gasteiger partial charge < -0.3 is 5.32 Å². The molecule has 1 saturated heterocycles. The van der Waals surface area contributed by atoms with E-state index in [9.17, 15) is 9.59 Å². The SMILES string of the molecule is CC1(c2ccccc2)NC(=O)N(Cc2c(Cl)cccc2Cl)C1=O. The van der Waals surface area contributed by atoms with Gasteiger partial charge in [0.25, 0.3) is 5.91 Å². The van der Waals surface area contributed by atoms with Crippen LogP contribution in [-0.2, 0) is 16.9 Å². The molecule has 3 amide bonds. The molecule has 1 atom stereocenters. The topological polar surface area (TPSA) is 49.4 Å². The van der Waals surface area contributed by atoms with Crippen LogP contribution in [0.15, 0.2) is 48.5 Å². The number of amides is 3. The summed E-state index contributed by atoms with van der Waals surface area (Å²) >= 11 is 12.3. The lowest BCUT2D eigenvalue weighted by molar-refractivity contribution is -0.131. The first kappa shape index (κ1) is 15.8. The van der Waals surface area contributed by atoms with Crippen molar-refractivity contribution in [2.75, 3.05) is 0 Å². The Labute approximate surface area is 144 Å². The fourth-order valence-corrected chi connectivity index (χ4v) is 3.17. The summed E-state index contributed by atoms with van der Waals surface area (Å²) in [7, 11) is 0. The summed E-state index contributed by atoms with van der Waals surface area (Å²) in [6.45, 7) is 1.72. The van der Waals surface area contributed by atoms with E-state index in [1.807, 2.05) is 30.3 Å². The van der Waals surface area contributed by atoms with Crippen LogP contribution in [0.25, 0.3) is 0 Å². The van der Waals surface area contributed by atoms with Crippen LogP contribution in [0, 0.1) is 0 Å². The number of hydrogen-bond donors (Lipinski definition) is 1. The van der Waals surface area contributed by atoms with Gasteiger partial charge in [0.05, 0.1) is 6.54 Å². The summed E-state index contributed by atoms with van der Waals surface area (Å²) in [6, 6.07) is 13.7. The molecule has 2 aromatic carbocycles. The van der Waals surface area contributed by atoms with Gasteiger partial charge >= 0.3 is 6.03 Å². The molecule has 0 bridgehead atoms. The van der Waals surface area contributed by atoms with Crippen molar-refractivity contribution in [2.24, 2.45) is 0 Å². The van der Waals surface area contributed by atoms with Crippen molar-refractivity contribution in [3.63, 3.8) is 0 Å². The second-order valence-electron chi connectivity index (χ2n) is 5.51. The third-order valence-corrected chi connectivity index (χ3v) is 4.71. The van der Waals surface area contributed by atoms with Crippen LogP contribution < -0.4 is 5.32 Å². The zero-order valence-corrected chi connectivity index (χ0v) is 13.9. The van der Waals surface area contributed by atoms with Crippen LogP contribution >= 0.6 is 23.2 Å². The molecule has 0 saturated carbocycles. The normalized spacial score (nSPS) is 20.7. The Morgan fingerprint density at radius 3 is 2.22 bits per heavy atom. The highest BCUT2D eigenvalue weighted by Crippen LogP contribution is 2.32. The molecule has 23 heavy (non-hydrogen) atoms. The molecule has 1 aliphatic rings. The van der Waals surface area contributed by atoms with Crippen LogP contribution in [0.3, 0.4) is 0 Å². The van der Waals surface area contributed by atoms with E-state index in [0.29, 0.717) is 15.6 Å². The molecule has 0 aromatic heterocycles. The van der Waals surface area contributed by atoms with E-state index in [1.165, 1.54) is 0 Å². The number of halogens is 2. The lowest BCUT2D eigenvalue weighted by Crippen LogP contribution is -2.40. The second kappa shape index (κ2) is 5.87. The first-order valence-electron chi connectivity index (χ1n) is 7.06. The molecule has 0 aliphatic carbocycles. The Morgan fingerprint density at radius 2 is 1.61 bits per heavy atom. The molecule has 1 aliphatic heterocycles. The second-order valence-corrected chi connectivity index (χ2v) is 6.33. The molecule has 1 N–H and O–H groups in total. The van der Waals surface area contributed by atoms with Gasteiger partial charge in [-0.2, -0.15) is 0 Å². The van der Waals surface area contributed by atoms with Crippen LogP contribution in [-0.4, -0.2) is 16.8 Å². The predicted octanol–water partition coefficient (Wildman–Crippen LogP) is 3.96. The lowest BCUT2D eigenvalue weighted by atomic mass is 9.92. The first-order valence-corrected chi connectivity index (χ1v) is 7.81. The monoisotopic (exact) mass is 348 g/mol. The quantitative estimate of drug-likeness (QED) is 0.853. The van der Waals surface area contributed by atoms with E-state index in [-0.39, 0.29) is 12.5 Å². The van der Waals surface area contributed by atoms with Gasteiger partial charge in [-0.3, -0.25) is 9.69 Å². The first-order chi connectivity index (χ1) is 10.9. The number of carbonyl (C=O) groups is 2. The highest BCUT2D eigenvalue weighted by atomic mass is 35.5. The van der Waals surface area contributed by atoms with Crippen molar-refractivity contribution in [1.82, 2.24) is 10.2 Å². The van der Waals surface area contributed by atoms with E-state index >= 15 is 0 Å². The molecule has 0 radical (unpaired) electrons. The predicted molar refractivity (Wildman–Crippen MR) is 89.3 cm³/mol. The van der Waals surface area contributed by atoms with Crippen molar-refractivity contribution >= 4 is 35.1 Å². The molecular weight excluding hydrogens is 335 g/mol. The van der Waals surface area contributed by atoms with Gasteiger partial charge in [-0.25, -0.2) is 4.79 Å². The number of hydrogen-bond acceptors (Lipinski definition) is 2. The van der Waals surface area contributed by atoms with Gasteiger partial charge in [0, 0.05) is 15.6 Å². The number of carbonyl (C=O) groups excluding carboxylic acids is 2. The summed E-state index contributed by atoms with van der Waals surface area (Å²) in [4.78, 5) is 26.3. The number of rotatable bonds is 3. The highest BCUT2D eigenvalue weighted by Gasteiger charge is 2.49. The van der Waals surface area contributed by atoms with Crippen molar-refractivity contribution in [1.29, 1.82) is 0 Å². The number of urea groups is 1. The third-order valence-electron chi connectivity index (χ3n) is 4.00. The Kier molecular flexibility index (Phi) is 4.04. The summed E-state index contributed by atoms with van der Waals surface area (Å²) in [5.74, 6) is -0.329. The standard InChI is InChI=1S/C17H14Cl2N2O2/c1-17(11-6-3-2-4-7-11)15(22)21(16(23)20-17)10-12-13(18)8-5-9-14(12)19/h2-9H,10H2,1H3,(H,20,23). The highest BCUT2D eigenvalue weighted by molar-refractivity contribution is 6.36. The van der Waals surface area contributed by atoms with Crippen LogP contribution in [0.5, 0.6) is 0 Å². The van der Waals surface area contributed by atoms with Crippen molar-refractivity contribution in [2.45, 2.75) is 19.0 Å². The van der Waals surface area contributed by atoms with Gasteiger partial charge in [-0.05, 0) is 24.6 Å². The minimum atomic E-state index is -1.09. The van der Waals surface area contributed by atoms with E-state index in [0.717, 1.165) is 10.5 Å². The van der Waals surface area contributed by atoms with Gasteiger partial charge in [0.2, 0.25) is 0 Å². The average Bonchev–Trinajstić information content (AvgIpc) is 2.75. The molecule has 1 heterocycles. The van der Waals surface area contributed by atoms with Crippen LogP contribution in [0.2, 0.25) is 10.0 Å². The van der Waals surface area contributed by atoms with Gasteiger partial charge in [-0.1, -0.05) is 59.6 Å². The fourth-order valence-electron chi connectivity index (χ4n) is 2.65. The third kappa shape index (κ3) is 2.69. The molecule has 6 heteroatoms. The minimum Gasteiger partial charge on any atom is -0.319 e. The van der Waals surface area contributed by atoms with Crippen molar-refractivity contribution < 1.29 is 9.59 Å². The molecule has 1 fully saturated rings. The van der Waals surface area contributed by atoms with Gasteiger partial charge in [0.1, 0.15) is 5.54 Å². The Balaban J connectivity index is 1.94. The molecule has 1 unspecified atom stereocenters. The molecular formula is C17H14Cl2N2O2. The van der Waals surface area contributed by atoms with Crippen LogP contribution in [0.1, 0.15) is 18.1 Å². The van der Waals surface area contributed by atoms with Crippen molar-refractivity contribution in [3.8, 4) is 0 Å². The number of nitrogens with one attached hydrogen (secondary N) is 1. The maximum absolute atomic E-state index is 12.8. The summed E-state index contributed by atoms with van der Waals surface area (Å²) in [6.07, 6.45) is 0. The number of nitrogens with zero attached hydrogens (tertiary/aromatic N) is 1. The maximum atomic E-state index is 12.8. The minimum absolute atomic E-state index is 0.0333. The van der Waals surface area contributed by atoms with E-state index in [2.05, 4.69) is 5.32 Å². The summed E-state index contributed by atoms with van der Waals surface area (Å²) < 4.78 is 0. The lowest BCUT2D eigenvalue weighted by Gasteiger charge is -2.22. The zero-order chi connectivity index (χ0) is 16.6. The van der Waals surface area contributed by atoms with Gasteiger partial charge in [0.15, 0.2) is 0 Å². The van der Waals surface area contributed by atoms with Crippen LogP contribution in [0.4, 0.5) is 4.79 Å². The molecule has 118 valence electrons. The Hall–Kier alpha value is -2.04. The smallest absolute Gasteiger partial charge is 0.319 e. The van der Waals surface area contributed by atoms with E-state index in [4.69, 9.17) is 23.2 Å². The average molecular weight is 349 g/mol. The Bertz CT molecular complexity index is 759. The van der Waals surface area contributed by atoms with E-state index < -0.39 is 11.6 Å². The molecule has 2 aromatic rings. The number of imide groups is 1. The van der Waals surface area contributed by atoms with Crippen molar-refractivity contribution in [3.05, 3.63) is 69.7 Å².